The highest BCUT2D eigenvalue weighted by Crippen LogP contribution is 2.30. The number of carbonyl (C=O) groups excluding carboxylic acids is 2. The average Bonchev–Trinajstić information content (AvgIpc) is 2.92. The maximum Gasteiger partial charge on any atom is 0.234 e. The van der Waals surface area contributed by atoms with Gasteiger partial charge in [0.05, 0.1) is 17.6 Å². The number of nitrogens with one attached hydrogen (secondary N) is 2. The summed E-state index contributed by atoms with van der Waals surface area (Å²) in [6.45, 7) is 0. The van der Waals surface area contributed by atoms with Gasteiger partial charge < -0.3 is 10.6 Å². The highest BCUT2D eigenvalue weighted by atomic mass is 32.2. The van der Waals surface area contributed by atoms with E-state index in [4.69, 9.17) is 0 Å². The van der Waals surface area contributed by atoms with E-state index in [0.29, 0.717) is 15.2 Å². The monoisotopic (exact) mass is 349 g/mol. The molecule has 2 heterocycles. The van der Waals surface area contributed by atoms with Crippen LogP contribution in [0, 0.1) is 5.92 Å². The molecule has 120 valence electrons. The summed E-state index contributed by atoms with van der Waals surface area (Å²) in [6, 6.07) is 3.53. The fourth-order valence-corrected chi connectivity index (χ4v) is 3.51. The molecular weight excluding hydrogens is 334 g/mol. The van der Waals surface area contributed by atoms with Gasteiger partial charge in [-0.2, -0.15) is 0 Å². The molecule has 23 heavy (non-hydrogen) atoms. The molecule has 0 aliphatic heterocycles. The standard InChI is InChI=1S/C14H15N5O2S2/c20-11(16-10-5-2-6-15-7-10)8-22-14-19-18-13(23-14)17-12(21)9-3-1-4-9/h2,5-7,9H,1,3-4,8H2,(H,16,20)(H,17,18,21). The Morgan fingerprint density at radius 1 is 1.30 bits per heavy atom. The first-order chi connectivity index (χ1) is 11.2. The SMILES string of the molecule is O=C(CSc1nnc(NC(=O)C2CCC2)s1)Nc1cccnc1. The van der Waals surface area contributed by atoms with Crippen LogP contribution in [0.5, 0.6) is 0 Å². The summed E-state index contributed by atoms with van der Waals surface area (Å²) in [6.07, 6.45) is 6.23. The minimum atomic E-state index is -0.141. The van der Waals surface area contributed by atoms with Crippen LogP contribution in [-0.2, 0) is 9.59 Å². The molecule has 2 aromatic rings. The van der Waals surface area contributed by atoms with E-state index in [1.165, 1.54) is 23.1 Å². The van der Waals surface area contributed by atoms with Crippen molar-refractivity contribution in [1.29, 1.82) is 0 Å². The molecule has 2 aromatic heterocycles. The Bertz CT molecular complexity index is 687. The van der Waals surface area contributed by atoms with Crippen molar-refractivity contribution < 1.29 is 9.59 Å². The molecule has 9 heteroatoms. The molecule has 0 saturated heterocycles. The quantitative estimate of drug-likeness (QED) is 0.614. The number of nitrogens with zero attached hydrogens (tertiary/aromatic N) is 3. The molecule has 1 aliphatic carbocycles. The summed E-state index contributed by atoms with van der Waals surface area (Å²) in [4.78, 5) is 27.6. The second-order valence-corrected chi connectivity index (χ2v) is 7.27. The number of pyridine rings is 1. The molecule has 0 bridgehead atoms. The summed E-state index contributed by atoms with van der Waals surface area (Å²) in [5.41, 5.74) is 0.656. The van der Waals surface area contributed by atoms with E-state index in [2.05, 4.69) is 25.8 Å². The molecule has 1 fully saturated rings. The third-order valence-corrected chi connectivity index (χ3v) is 5.36. The Kier molecular flexibility index (Phi) is 5.19. The van der Waals surface area contributed by atoms with Crippen molar-refractivity contribution in [2.45, 2.75) is 23.6 Å². The molecule has 3 rings (SSSR count). The van der Waals surface area contributed by atoms with Crippen LogP contribution in [0.2, 0.25) is 0 Å². The van der Waals surface area contributed by atoms with E-state index in [-0.39, 0.29) is 23.5 Å². The Balaban J connectivity index is 1.45. The summed E-state index contributed by atoms with van der Waals surface area (Å²) >= 11 is 2.56. The predicted octanol–water partition coefficient (Wildman–Crippen LogP) is 2.40. The highest BCUT2D eigenvalue weighted by Gasteiger charge is 2.26. The predicted molar refractivity (Wildman–Crippen MR) is 89.5 cm³/mol. The number of anilines is 2. The minimum Gasteiger partial charge on any atom is -0.324 e. The van der Waals surface area contributed by atoms with E-state index in [1.54, 1.807) is 24.5 Å². The Morgan fingerprint density at radius 3 is 2.87 bits per heavy atom. The van der Waals surface area contributed by atoms with Crippen molar-refractivity contribution in [3.8, 4) is 0 Å². The van der Waals surface area contributed by atoms with Gasteiger partial charge in [-0.15, -0.1) is 10.2 Å². The molecule has 2 N–H and O–H groups in total. The largest absolute Gasteiger partial charge is 0.324 e. The minimum absolute atomic E-state index is 0.0123. The molecule has 0 aromatic carbocycles. The van der Waals surface area contributed by atoms with Gasteiger partial charge in [-0.05, 0) is 25.0 Å². The number of carbonyl (C=O) groups is 2. The lowest BCUT2D eigenvalue weighted by Crippen LogP contribution is -2.27. The molecular formula is C14H15N5O2S2. The van der Waals surface area contributed by atoms with Gasteiger partial charge >= 0.3 is 0 Å². The van der Waals surface area contributed by atoms with Gasteiger partial charge in [-0.3, -0.25) is 14.6 Å². The molecule has 1 aliphatic rings. The second kappa shape index (κ2) is 7.51. The van der Waals surface area contributed by atoms with Gasteiger partial charge in [0.2, 0.25) is 16.9 Å². The maximum atomic E-state index is 11.8. The van der Waals surface area contributed by atoms with Gasteiger partial charge in [0.1, 0.15) is 0 Å². The van der Waals surface area contributed by atoms with Crippen LogP contribution >= 0.6 is 23.1 Å². The van der Waals surface area contributed by atoms with Crippen molar-refractivity contribution in [3.63, 3.8) is 0 Å². The van der Waals surface area contributed by atoms with Crippen LogP contribution < -0.4 is 10.6 Å². The van der Waals surface area contributed by atoms with Gasteiger partial charge in [0, 0.05) is 12.1 Å². The van der Waals surface area contributed by atoms with Crippen LogP contribution in [0.4, 0.5) is 10.8 Å². The van der Waals surface area contributed by atoms with Crippen molar-refractivity contribution in [1.82, 2.24) is 15.2 Å². The van der Waals surface area contributed by atoms with E-state index < -0.39 is 0 Å². The zero-order chi connectivity index (χ0) is 16.1. The van der Waals surface area contributed by atoms with E-state index in [1.807, 2.05) is 0 Å². The van der Waals surface area contributed by atoms with E-state index in [0.717, 1.165) is 19.3 Å². The zero-order valence-electron chi connectivity index (χ0n) is 12.2. The van der Waals surface area contributed by atoms with Crippen molar-refractivity contribution >= 4 is 45.7 Å². The Morgan fingerprint density at radius 2 is 2.17 bits per heavy atom. The molecule has 1 saturated carbocycles. The van der Waals surface area contributed by atoms with E-state index >= 15 is 0 Å². The Labute approximate surface area is 141 Å². The molecule has 7 nitrogen and oxygen atoms in total. The van der Waals surface area contributed by atoms with Gasteiger partial charge in [0.25, 0.3) is 0 Å². The zero-order valence-corrected chi connectivity index (χ0v) is 13.8. The van der Waals surface area contributed by atoms with Gasteiger partial charge in [-0.25, -0.2) is 0 Å². The summed E-state index contributed by atoms with van der Waals surface area (Å²) in [5, 5.41) is 13.9. The van der Waals surface area contributed by atoms with Crippen LogP contribution in [0.15, 0.2) is 28.9 Å². The van der Waals surface area contributed by atoms with Gasteiger partial charge in [-0.1, -0.05) is 29.5 Å². The van der Waals surface area contributed by atoms with Crippen LogP contribution in [-0.4, -0.2) is 32.7 Å². The third kappa shape index (κ3) is 4.49. The fourth-order valence-electron chi connectivity index (χ4n) is 1.96. The third-order valence-electron chi connectivity index (χ3n) is 3.38. The van der Waals surface area contributed by atoms with Crippen molar-refractivity contribution in [2.75, 3.05) is 16.4 Å². The van der Waals surface area contributed by atoms with Crippen LogP contribution in [0.1, 0.15) is 19.3 Å². The van der Waals surface area contributed by atoms with E-state index in [9.17, 15) is 9.59 Å². The van der Waals surface area contributed by atoms with Crippen LogP contribution in [0.25, 0.3) is 0 Å². The Hall–Kier alpha value is -2.00. The normalized spacial score (nSPS) is 14.1. The molecule has 0 spiro atoms. The highest BCUT2D eigenvalue weighted by molar-refractivity contribution is 8.01. The first kappa shape index (κ1) is 15.9. The number of rotatable bonds is 6. The van der Waals surface area contributed by atoms with Gasteiger partial charge in [0.15, 0.2) is 4.34 Å². The van der Waals surface area contributed by atoms with Crippen molar-refractivity contribution in [3.05, 3.63) is 24.5 Å². The summed E-state index contributed by atoms with van der Waals surface area (Å²) in [7, 11) is 0. The molecule has 0 radical (unpaired) electrons. The lowest BCUT2D eigenvalue weighted by Gasteiger charge is -2.23. The topological polar surface area (TPSA) is 96.9 Å². The molecule has 0 atom stereocenters. The molecule has 2 amide bonds. The maximum absolute atomic E-state index is 11.8. The lowest BCUT2D eigenvalue weighted by atomic mass is 9.85. The first-order valence-electron chi connectivity index (χ1n) is 7.18. The summed E-state index contributed by atoms with van der Waals surface area (Å²) in [5.74, 6) is 0.205. The smallest absolute Gasteiger partial charge is 0.234 e. The van der Waals surface area contributed by atoms with Crippen molar-refractivity contribution in [2.24, 2.45) is 5.92 Å². The number of amides is 2. The number of aromatic nitrogens is 3. The summed E-state index contributed by atoms with van der Waals surface area (Å²) < 4.78 is 0.648. The number of thioether (sulfide) groups is 1. The second-order valence-electron chi connectivity index (χ2n) is 5.07. The number of hydrogen-bond donors (Lipinski definition) is 2. The van der Waals surface area contributed by atoms with Crippen LogP contribution in [0.3, 0.4) is 0 Å². The average molecular weight is 349 g/mol. The molecule has 0 unspecified atom stereocenters. The first-order valence-corrected chi connectivity index (χ1v) is 8.98. The number of hydrogen-bond acceptors (Lipinski definition) is 7. The lowest BCUT2D eigenvalue weighted by molar-refractivity contribution is -0.122. The fraction of sp³-hybridized carbons (Fsp3) is 0.357.